The molecule has 7 heteroatoms. The van der Waals surface area contributed by atoms with Gasteiger partial charge in [0.05, 0.1) is 24.5 Å². The van der Waals surface area contributed by atoms with E-state index in [-0.39, 0.29) is 5.91 Å². The number of rotatable bonds is 7. The molecule has 5 nitrogen and oxygen atoms in total. The molecule has 0 saturated carbocycles. The molecule has 0 aliphatic heterocycles. The van der Waals surface area contributed by atoms with Gasteiger partial charge in [-0.05, 0) is 78.4 Å². The molecule has 2 rings (SSSR count). The van der Waals surface area contributed by atoms with Crippen LogP contribution in [0.3, 0.4) is 0 Å². The number of hydrogen-bond donors (Lipinski definition) is 1. The molecule has 2 aromatic rings. The Balaban J connectivity index is 2.12. The summed E-state index contributed by atoms with van der Waals surface area (Å²) in [6.07, 6.45) is 1.51. The van der Waals surface area contributed by atoms with Crippen molar-refractivity contribution in [2.45, 2.75) is 13.8 Å². The van der Waals surface area contributed by atoms with Crippen LogP contribution in [0.1, 0.15) is 29.8 Å². The van der Waals surface area contributed by atoms with E-state index in [0.717, 1.165) is 3.57 Å². The Morgan fingerprint density at radius 3 is 2.52 bits per heavy atom. The third-order valence-corrected chi connectivity index (χ3v) is 4.11. The van der Waals surface area contributed by atoms with Crippen LogP contribution in [-0.2, 0) is 0 Å². The lowest BCUT2D eigenvalue weighted by Gasteiger charge is -2.13. The maximum atomic E-state index is 12.0. The number of carbonyl (C=O) groups excluding carboxylic acids is 1. The highest BCUT2D eigenvalue weighted by atomic mass is 127. The Hall–Kier alpha value is -1.80. The van der Waals surface area contributed by atoms with Crippen LogP contribution < -0.4 is 14.9 Å². The van der Waals surface area contributed by atoms with Crippen LogP contribution in [0.15, 0.2) is 41.5 Å². The minimum Gasteiger partial charge on any atom is -0.490 e. The van der Waals surface area contributed by atoms with E-state index in [2.05, 4.69) is 33.1 Å². The third-order valence-electron chi connectivity index (χ3n) is 3.11. The summed E-state index contributed by atoms with van der Waals surface area (Å²) < 4.78 is 12.1. The summed E-state index contributed by atoms with van der Waals surface area (Å²) >= 11 is 8.43. The average molecular weight is 473 g/mol. The molecule has 132 valence electrons. The fraction of sp³-hybridized carbons (Fsp3) is 0.222. The van der Waals surface area contributed by atoms with Crippen molar-refractivity contribution in [3.8, 4) is 11.5 Å². The topological polar surface area (TPSA) is 59.9 Å². The standard InChI is InChI=1S/C18H18ClIN2O3/c1-3-24-16-10-12(9-15(19)17(16)25-4-2)11-21-22-18(23)13-5-7-14(20)8-6-13/h5-11H,3-4H2,1-2H3,(H,22,23)/b21-11-. The van der Waals surface area contributed by atoms with E-state index in [0.29, 0.717) is 40.9 Å². The van der Waals surface area contributed by atoms with Gasteiger partial charge in [0.1, 0.15) is 0 Å². The highest BCUT2D eigenvalue weighted by molar-refractivity contribution is 14.1. The third kappa shape index (κ3) is 5.61. The molecule has 0 aliphatic rings. The monoisotopic (exact) mass is 472 g/mol. The number of halogens is 2. The normalized spacial score (nSPS) is 10.7. The van der Waals surface area contributed by atoms with E-state index in [1.54, 1.807) is 24.3 Å². The van der Waals surface area contributed by atoms with Crippen molar-refractivity contribution in [3.05, 3.63) is 56.1 Å². The van der Waals surface area contributed by atoms with E-state index < -0.39 is 0 Å². The highest BCUT2D eigenvalue weighted by Crippen LogP contribution is 2.36. The van der Waals surface area contributed by atoms with Gasteiger partial charge in [-0.1, -0.05) is 11.6 Å². The zero-order valence-electron chi connectivity index (χ0n) is 13.9. The maximum absolute atomic E-state index is 12.0. The molecule has 0 heterocycles. The predicted molar refractivity (Wildman–Crippen MR) is 108 cm³/mol. The van der Waals surface area contributed by atoms with Crippen molar-refractivity contribution in [2.75, 3.05) is 13.2 Å². The second-order valence-corrected chi connectivity index (χ2v) is 6.55. The molecule has 0 aliphatic carbocycles. The van der Waals surface area contributed by atoms with Crippen LogP contribution in [-0.4, -0.2) is 25.3 Å². The van der Waals surface area contributed by atoms with E-state index in [4.69, 9.17) is 21.1 Å². The van der Waals surface area contributed by atoms with Gasteiger partial charge in [-0.2, -0.15) is 5.10 Å². The molecule has 0 fully saturated rings. The van der Waals surface area contributed by atoms with Crippen LogP contribution in [0.25, 0.3) is 0 Å². The van der Waals surface area contributed by atoms with Crippen molar-refractivity contribution >= 4 is 46.3 Å². The Morgan fingerprint density at radius 1 is 1.20 bits per heavy atom. The van der Waals surface area contributed by atoms with Crippen LogP contribution in [0.2, 0.25) is 5.02 Å². The van der Waals surface area contributed by atoms with Gasteiger partial charge in [-0.25, -0.2) is 5.43 Å². The average Bonchev–Trinajstić information content (AvgIpc) is 2.59. The Labute approximate surface area is 165 Å². The number of benzene rings is 2. The lowest BCUT2D eigenvalue weighted by atomic mass is 10.2. The lowest BCUT2D eigenvalue weighted by molar-refractivity contribution is 0.0955. The molecule has 1 amide bonds. The SMILES string of the molecule is CCOc1cc(/C=N\NC(=O)c2ccc(I)cc2)cc(Cl)c1OCC. The zero-order chi connectivity index (χ0) is 18.2. The molecule has 0 radical (unpaired) electrons. The number of hydrogen-bond acceptors (Lipinski definition) is 4. The van der Waals surface area contributed by atoms with Crippen molar-refractivity contribution < 1.29 is 14.3 Å². The number of amides is 1. The molecule has 0 atom stereocenters. The largest absolute Gasteiger partial charge is 0.490 e. The number of nitrogens with zero attached hydrogens (tertiary/aromatic N) is 1. The predicted octanol–water partition coefficient (Wildman–Crippen LogP) is 4.51. The van der Waals surface area contributed by atoms with Crippen LogP contribution in [0, 0.1) is 3.57 Å². The Morgan fingerprint density at radius 2 is 1.88 bits per heavy atom. The van der Waals surface area contributed by atoms with Crippen LogP contribution >= 0.6 is 34.2 Å². The minimum atomic E-state index is -0.283. The molecule has 25 heavy (non-hydrogen) atoms. The van der Waals surface area contributed by atoms with Crippen molar-refractivity contribution in [1.29, 1.82) is 0 Å². The summed E-state index contributed by atoms with van der Waals surface area (Å²) in [4.78, 5) is 12.0. The van der Waals surface area contributed by atoms with E-state index in [1.807, 2.05) is 26.0 Å². The first kappa shape index (κ1) is 19.5. The van der Waals surface area contributed by atoms with Gasteiger partial charge in [0.25, 0.3) is 5.91 Å². The number of hydrazone groups is 1. The van der Waals surface area contributed by atoms with Gasteiger partial charge in [0.15, 0.2) is 11.5 Å². The maximum Gasteiger partial charge on any atom is 0.271 e. The summed E-state index contributed by atoms with van der Waals surface area (Å²) in [5, 5.41) is 4.41. The Kier molecular flexibility index (Phi) is 7.52. The first-order chi connectivity index (χ1) is 12.0. The second-order valence-electron chi connectivity index (χ2n) is 4.90. The molecule has 1 N–H and O–H groups in total. The molecule has 2 aromatic carbocycles. The van der Waals surface area contributed by atoms with Gasteiger partial charge in [-0.15, -0.1) is 0 Å². The number of ether oxygens (including phenoxy) is 2. The fourth-order valence-corrected chi connectivity index (χ4v) is 2.67. The minimum absolute atomic E-state index is 0.283. The summed E-state index contributed by atoms with van der Waals surface area (Å²) in [6.45, 7) is 4.73. The second kappa shape index (κ2) is 9.62. The molecule has 0 unspecified atom stereocenters. The molecular weight excluding hydrogens is 455 g/mol. The lowest BCUT2D eigenvalue weighted by Crippen LogP contribution is -2.17. The summed E-state index contributed by atoms with van der Waals surface area (Å²) in [6, 6.07) is 10.7. The van der Waals surface area contributed by atoms with Crippen molar-refractivity contribution in [3.63, 3.8) is 0 Å². The first-order valence-electron chi connectivity index (χ1n) is 7.73. The molecule has 0 bridgehead atoms. The van der Waals surface area contributed by atoms with E-state index in [1.165, 1.54) is 6.21 Å². The highest BCUT2D eigenvalue weighted by Gasteiger charge is 2.11. The fourth-order valence-electron chi connectivity index (χ4n) is 2.04. The van der Waals surface area contributed by atoms with E-state index >= 15 is 0 Å². The zero-order valence-corrected chi connectivity index (χ0v) is 16.8. The van der Waals surface area contributed by atoms with Gasteiger partial charge >= 0.3 is 0 Å². The van der Waals surface area contributed by atoms with Gasteiger partial charge < -0.3 is 9.47 Å². The van der Waals surface area contributed by atoms with Gasteiger partial charge in [-0.3, -0.25) is 4.79 Å². The van der Waals surface area contributed by atoms with Gasteiger partial charge in [0.2, 0.25) is 0 Å². The summed E-state index contributed by atoms with van der Waals surface area (Å²) in [5.74, 6) is 0.767. The Bertz CT molecular complexity index is 764. The van der Waals surface area contributed by atoms with Gasteiger partial charge in [0, 0.05) is 9.13 Å². The van der Waals surface area contributed by atoms with Crippen molar-refractivity contribution in [2.24, 2.45) is 5.10 Å². The summed E-state index contributed by atoms with van der Waals surface area (Å²) in [7, 11) is 0. The quantitative estimate of drug-likeness (QED) is 0.367. The summed E-state index contributed by atoms with van der Waals surface area (Å²) in [5.41, 5.74) is 3.72. The van der Waals surface area contributed by atoms with E-state index in [9.17, 15) is 4.79 Å². The smallest absolute Gasteiger partial charge is 0.271 e. The first-order valence-corrected chi connectivity index (χ1v) is 9.19. The molecule has 0 aromatic heterocycles. The molecular formula is C18H18ClIN2O3. The molecule has 0 spiro atoms. The number of carbonyl (C=O) groups is 1. The van der Waals surface area contributed by atoms with Crippen LogP contribution in [0.5, 0.6) is 11.5 Å². The van der Waals surface area contributed by atoms with Crippen molar-refractivity contribution in [1.82, 2.24) is 5.43 Å². The molecule has 0 saturated heterocycles. The van der Waals surface area contributed by atoms with Crippen LogP contribution in [0.4, 0.5) is 0 Å². The number of nitrogens with one attached hydrogen (secondary N) is 1.